The van der Waals surface area contributed by atoms with Crippen LogP contribution in [0.5, 0.6) is 0 Å². The Morgan fingerprint density at radius 3 is 2.65 bits per heavy atom. The Labute approximate surface area is 117 Å². The number of nitrogens with zero attached hydrogens (tertiary/aromatic N) is 1. The van der Waals surface area contributed by atoms with Gasteiger partial charge in [-0.2, -0.15) is 0 Å². The highest BCUT2D eigenvalue weighted by atomic mass is 32.2. The number of amides is 1. The number of nitrogens with one attached hydrogen (secondary N) is 1. The van der Waals surface area contributed by atoms with Crippen molar-refractivity contribution in [2.75, 3.05) is 19.6 Å². The van der Waals surface area contributed by atoms with Crippen molar-refractivity contribution in [3.63, 3.8) is 0 Å². The number of hydrogen-bond donors (Lipinski definition) is 1. The first-order chi connectivity index (χ1) is 9.44. The van der Waals surface area contributed by atoms with Gasteiger partial charge in [-0.05, 0) is 30.7 Å². The largest absolute Gasteiger partial charge is 0.337 e. The maximum atomic E-state index is 12.8. The quantitative estimate of drug-likeness (QED) is 0.901. The molecule has 0 bridgehead atoms. The second kappa shape index (κ2) is 5.88. The van der Waals surface area contributed by atoms with Crippen molar-refractivity contribution in [2.24, 2.45) is 0 Å². The molecule has 1 saturated heterocycles. The fraction of sp³-hybridized carbons (Fsp3) is 0.462. The molecule has 1 N–H and O–H groups in total. The number of carbonyl (C=O) groups is 1. The van der Waals surface area contributed by atoms with Gasteiger partial charge in [-0.25, -0.2) is 17.5 Å². The zero-order valence-corrected chi connectivity index (χ0v) is 12.0. The summed E-state index contributed by atoms with van der Waals surface area (Å²) in [5, 5.41) is -0.577. The fourth-order valence-electron chi connectivity index (χ4n) is 2.26. The van der Waals surface area contributed by atoms with E-state index in [1.54, 1.807) is 6.92 Å². The van der Waals surface area contributed by atoms with Gasteiger partial charge in [0.25, 0.3) is 5.91 Å². The minimum atomic E-state index is -3.37. The normalized spacial score (nSPS) is 19.3. The van der Waals surface area contributed by atoms with E-state index in [0.29, 0.717) is 25.1 Å². The molecular weight excluding hydrogens is 283 g/mol. The number of halogens is 1. The van der Waals surface area contributed by atoms with Crippen LogP contribution in [0, 0.1) is 5.82 Å². The Kier molecular flexibility index (Phi) is 4.39. The number of sulfonamides is 1. The fourth-order valence-corrected chi connectivity index (χ4v) is 3.69. The van der Waals surface area contributed by atoms with Crippen molar-refractivity contribution >= 4 is 15.9 Å². The molecule has 110 valence electrons. The summed E-state index contributed by atoms with van der Waals surface area (Å²) in [7, 11) is -3.37. The Morgan fingerprint density at radius 1 is 1.40 bits per heavy atom. The van der Waals surface area contributed by atoms with Crippen LogP contribution in [0.2, 0.25) is 0 Å². The van der Waals surface area contributed by atoms with Gasteiger partial charge in [0.2, 0.25) is 10.0 Å². The number of rotatable bonds is 4. The van der Waals surface area contributed by atoms with Gasteiger partial charge in [-0.1, -0.05) is 6.92 Å². The van der Waals surface area contributed by atoms with Crippen molar-refractivity contribution in [3.8, 4) is 0 Å². The average molecular weight is 300 g/mol. The third kappa shape index (κ3) is 3.16. The lowest BCUT2D eigenvalue weighted by Crippen LogP contribution is -2.37. The zero-order chi connectivity index (χ0) is 14.8. The van der Waals surface area contributed by atoms with Crippen LogP contribution < -0.4 is 4.72 Å². The summed E-state index contributed by atoms with van der Waals surface area (Å²) in [6.45, 7) is 2.62. The first kappa shape index (κ1) is 14.9. The second-order valence-corrected chi connectivity index (χ2v) is 6.76. The van der Waals surface area contributed by atoms with Crippen LogP contribution in [0.25, 0.3) is 0 Å². The van der Waals surface area contributed by atoms with Crippen LogP contribution in [0.3, 0.4) is 0 Å². The topological polar surface area (TPSA) is 66.5 Å². The van der Waals surface area contributed by atoms with Crippen molar-refractivity contribution in [3.05, 3.63) is 35.6 Å². The highest BCUT2D eigenvalue weighted by Crippen LogP contribution is 2.18. The Balaban J connectivity index is 2.06. The van der Waals surface area contributed by atoms with E-state index in [0.717, 1.165) is 0 Å². The predicted molar refractivity (Wildman–Crippen MR) is 73.3 cm³/mol. The van der Waals surface area contributed by atoms with Gasteiger partial charge >= 0.3 is 0 Å². The Bertz CT molecular complexity index is 586. The van der Waals surface area contributed by atoms with Gasteiger partial charge in [0, 0.05) is 25.2 Å². The lowest BCUT2D eigenvalue weighted by atomic mass is 10.2. The molecule has 0 spiro atoms. The third-order valence-corrected chi connectivity index (χ3v) is 5.26. The van der Waals surface area contributed by atoms with Gasteiger partial charge in [0.1, 0.15) is 5.82 Å². The lowest BCUT2D eigenvalue weighted by molar-refractivity contribution is 0.0793. The smallest absolute Gasteiger partial charge is 0.253 e. The molecule has 20 heavy (non-hydrogen) atoms. The summed E-state index contributed by atoms with van der Waals surface area (Å²) in [5.41, 5.74) is 0.368. The second-order valence-electron chi connectivity index (χ2n) is 4.71. The van der Waals surface area contributed by atoms with E-state index in [2.05, 4.69) is 4.72 Å². The SMILES string of the molecule is CCNS(=O)(=O)[C@@H]1CCN(C(=O)c2ccc(F)cc2)C1. The lowest BCUT2D eigenvalue weighted by Gasteiger charge is -2.16. The van der Waals surface area contributed by atoms with E-state index < -0.39 is 21.1 Å². The molecule has 1 aromatic carbocycles. The summed E-state index contributed by atoms with van der Waals surface area (Å²) >= 11 is 0. The minimum absolute atomic E-state index is 0.172. The number of benzene rings is 1. The number of carbonyl (C=O) groups excluding carboxylic acids is 1. The molecule has 1 aromatic rings. The molecule has 0 radical (unpaired) electrons. The van der Waals surface area contributed by atoms with Gasteiger partial charge in [-0.3, -0.25) is 4.79 Å². The summed E-state index contributed by atoms with van der Waals surface area (Å²) in [5.74, 6) is -0.672. The average Bonchev–Trinajstić information content (AvgIpc) is 2.89. The number of likely N-dealkylation sites (tertiary alicyclic amines) is 1. The van der Waals surface area contributed by atoms with Crippen molar-refractivity contribution in [2.45, 2.75) is 18.6 Å². The summed E-state index contributed by atoms with van der Waals surface area (Å²) in [6.07, 6.45) is 0.419. The molecule has 1 aliphatic rings. The van der Waals surface area contributed by atoms with Crippen molar-refractivity contribution < 1.29 is 17.6 Å². The van der Waals surface area contributed by atoms with Gasteiger partial charge in [0.15, 0.2) is 0 Å². The Morgan fingerprint density at radius 2 is 2.05 bits per heavy atom. The molecule has 0 aliphatic carbocycles. The monoisotopic (exact) mass is 300 g/mol. The first-order valence-electron chi connectivity index (χ1n) is 6.47. The molecule has 1 atom stereocenters. The molecule has 5 nitrogen and oxygen atoms in total. The minimum Gasteiger partial charge on any atom is -0.337 e. The molecule has 1 aliphatic heterocycles. The van der Waals surface area contributed by atoms with Gasteiger partial charge in [0.05, 0.1) is 5.25 Å². The van der Waals surface area contributed by atoms with E-state index in [9.17, 15) is 17.6 Å². The zero-order valence-electron chi connectivity index (χ0n) is 11.2. The van der Waals surface area contributed by atoms with E-state index in [1.807, 2.05) is 0 Å². The molecule has 1 fully saturated rings. The summed E-state index contributed by atoms with van der Waals surface area (Å²) in [6, 6.07) is 5.25. The summed E-state index contributed by atoms with van der Waals surface area (Å²) in [4.78, 5) is 13.7. The molecule has 2 rings (SSSR count). The molecule has 0 saturated carbocycles. The highest BCUT2D eigenvalue weighted by Gasteiger charge is 2.34. The summed E-state index contributed by atoms with van der Waals surface area (Å²) < 4.78 is 39.0. The van der Waals surface area contributed by atoms with E-state index in [-0.39, 0.29) is 12.5 Å². The Hall–Kier alpha value is -1.47. The molecule has 0 aromatic heterocycles. The first-order valence-corrected chi connectivity index (χ1v) is 8.02. The van der Waals surface area contributed by atoms with Crippen LogP contribution in [-0.4, -0.2) is 44.1 Å². The maximum absolute atomic E-state index is 12.8. The van der Waals surface area contributed by atoms with Crippen LogP contribution in [-0.2, 0) is 10.0 Å². The predicted octanol–water partition coefficient (Wildman–Crippen LogP) is 0.979. The van der Waals surface area contributed by atoms with E-state index in [1.165, 1.54) is 29.2 Å². The van der Waals surface area contributed by atoms with Crippen LogP contribution in [0.1, 0.15) is 23.7 Å². The van der Waals surface area contributed by atoms with Crippen LogP contribution in [0.4, 0.5) is 4.39 Å². The standard InChI is InChI=1S/C13H17FN2O3S/c1-2-15-20(18,19)12-7-8-16(9-12)13(17)10-3-5-11(14)6-4-10/h3-6,12,15H,2,7-9H2,1H3/t12-/m1/s1. The van der Waals surface area contributed by atoms with Gasteiger partial charge in [-0.15, -0.1) is 0 Å². The molecule has 1 amide bonds. The number of hydrogen-bond acceptors (Lipinski definition) is 3. The van der Waals surface area contributed by atoms with Crippen LogP contribution in [0.15, 0.2) is 24.3 Å². The molecule has 0 unspecified atom stereocenters. The maximum Gasteiger partial charge on any atom is 0.253 e. The molecule has 1 heterocycles. The van der Waals surface area contributed by atoms with Crippen molar-refractivity contribution in [1.29, 1.82) is 0 Å². The van der Waals surface area contributed by atoms with E-state index in [4.69, 9.17) is 0 Å². The van der Waals surface area contributed by atoms with E-state index >= 15 is 0 Å². The van der Waals surface area contributed by atoms with Crippen LogP contribution >= 0.6 is 0 Å². The molecular formula is C13H17FN2O3S. The van der Waals surface area contributed by atoms with Crippen molar-refractivity contribution in [1.82, 2.24) is 9.62 Å². The molecule has 7 heteroatoms. The third-order valence-electron chi connectivity index (χ3n) is 3.31. The highest BCUT2D eigenvalue weighted by molar-refractivity contribution is 7.90. The van der Waals surface area contributed by atoms with Gasteiger partial charge < -0.3 is 4.90 Å².